The maximum atomic E-state index is 12.0. The number of aliphatic carboxylic acids is 1. The Morgan fingerprint density at radius 2 is 2.11 bits per heavy atom. The molecule has 1 aliphatic heterocycles. The summed E-state index contributed by atoms with van der Waals surface area (Å²) in [7, 11) is 0. The van der Waals surface area contributed by atoms with E-state index in [1.54, 1.807) is 4.90 Å². The van der Waals surface area contributed by atoms with Crippen molar-refractivity contribution in [1.82, 2.24) is 0 Å². The monoisotopic (exact) mass is 263 g/mol. The fourth-order valence-corrected chi connectivity index (χ4v) is 2.19. The van der Waals surface area contributed by atoms with Crippen LogP contribution in [0.2, 0.25) is 0 Å². The maximum absolute atomic E-state index is 12.0. The zero-order chi connectivity index (χ0) is 13.8. The van der Waals surface area contributed by atoms with Crippen LogP contribution in [0.3, 0.4) is 0 Å². The van der Waals surface area contributed by atoms with E-state index in [1.807, 2.05) is 31.2 Å². The van der Waals surface area contributed by atoms with Crippen LogP contribution in [0.5, 0.6) is 0 Å². The van der Waals surface area contributed by atoms with Crippen molar-refractivity contribution in [2.75, 3.05) is 18.1 Å². The van der Waals surface area contributed by atoms with E-state index in [0.717, 1.165) is 11.3 Å². The van der Waals surface area contributed by atoms with Crippen LogP contribution in [0.4, 0.5) is 5.69 Å². The van der Waals surface area contributed by atoms with Crippen LogP contribution in [0.1, 0.15) is 18.4 Å². The summed E-state index contributed by atoms with van der Waals surface area (Å²) in [5.41, 5.74) is 1.92. The van der Waals surface area contributed by atoms with Gasteiger partial charge in [-0.25, -0.2) is 0 Å². The topological polar surface area (TPSA) is 66.8 Å². The summed E-state index contributed by atoms with van der Waals surface area (Å²) in [4.78, 5) is 24.3. The molecule has 1 heterocycles. The van der Waals surface area contributed by atoms with Crippen molar-refractivity contribution in [3.05, 3.63) is 29.8 Å². The highest BCUT2D eigenvalue weighted by Crippen LogP contribution is 2.23. The first-order valence-corrected chi connectivity index (χ1v) is 6.26. The summed E-state index contributed by atoms with van der Waals surface area (Å²) >= 11 is 0. The third kappa shape index (κ3) is 3.32. The molecule has 1 fully saturated rings. The van der Waals surface area contributed by atoms with Crippen molar-refractivity contribution >= 4 is 17.6 Å². The normalized spacial score (nSPS) is 19.5. The zero-order valence-corrected chi connectivity index (χ0v) is 10.8. The van der Waals surface area contributed by atoms with Crippen molar-refractivity contribution < 1.29 is 19.4 Å². The van der Waals surface area contributed by atoms with Crippen LogP contribution < -0.4 is 4.90 Å². The Kier molecular flexibility index (Phi) is 4.16. The molecule has 1 unspecified atom stereocenters. The van der Waals surface area contributed by atoms with Gasteiger partial charge in [0, 0.05) is 12.1 Å². The van der Waals surface area contributed by atoms with E-state index in [0.29, 0.717) is 13.0 Å². The van der Waals surface area contributed by atoms with Gasteiger partial charge in [-0.1, -0.05) is 17.7 Å². The molecule has 0 radical (unpaired) electrons. The fraction of sp³-hybridized carbons (Fsp3) is 0.429. The van der Waals surface area contributed by atoms with E-state index in [4.69, 9.17) is 9.84 Å². The van der Waals surface area contributed by atoms with Crippen molar-refractivity contribution in [3.63, 3.8) is 0 Å². The lowest BCUT2D eigenvalue weighted by Gasteiger charge is -2.35. The predicted molar refractivity (Wildman–Crippen MR) is 70.1 cm³/mol. The number of amides is 1. The number of rotatable bonds is 4. The Bertz CT molecular complexity index is 469. The first-order chi connectivity index (χ1) is 9.08. The summed E-state index contributed by atoms with van der Waals surface area (Å²) in [5, 5.41) is 8.76. The highest BCUT2D eigenvalue weighted by atomic mass is 16.5. The van der Waals surface area contributed by atoms with Gasteiger partial charge < -0.3 is 14.7 Å². The molecule has 0 saturated carbocycles. The molecule has 1 aliphatic rings. The fourth-order valence-electron chi connectivity index (χ4n) is 2.19. The minimum Gasteiger partial charge on any atom is -0.481 e. The van der Waals surface area contributed by atoms with E-state index < -0.39 is 5.97 Å². The Labute approximate surface area is 111 Å². The van der Waals surface area contributed by atoms with E-state index in [2.05, 4.69) is 0 Å². The number of carboxylic acid groups (broad SMARTS) is 1. The van der Waals surface area contributed by atoms with Crippen molar-refractivity contribution in [2.24, 2.45) is 0 Å². The second-order valence-electron chi connectivity index (χ2n) is 4.70. The third-order valence-electron chi connectivity index (χ3n) is 3.17. The third-order valence-corrected chi connectivity index (χ3v) is 3.17. The highest BCUT2D eigenvalue weighted by molar-refractivity contribution is 5.95. The predicted octanol–water partition coefficient (Wildman–Crippen LogP) is 1.59. The molecule has 1 amide bonds. The number of anilines is 1. The molecule has 102 valence electrons. The summed E-state index contributed by atoms with van der Waals surface area (Å²) in [6, 6.07) is 7.43. The van der Waals surface area contributed by atoms with Gasteiger partial charge in [0.15, 0.2) is 0 Å². The Morgan fingerprint density at radius 1 is 1.42 bits per heavy atom. The first kappa shape index (κ1) is 13.5. The SMILES string of the molecule is Cc1ccc(N2C(=O)COCC2CCC(=O)O)cc1. The van der Waals surface area contributed by atoms with Crippen LogP contribution >= 0.6 is 0 Å². The van der Waals surface area contributed by atoms with E-state index in [-0.39, 0.29) is 25.0 Å². The van der Waals surface area contributed by atoms with Gasteiger partial charge in [-0.3, -0.25) is 9.59 Å². The number of nitrogens with zero attached hydrogens (tertiary/aromatic N) is 1. The summed E-state index contributed by atoms with van der Waals surface area (Å²) in [5.74, 6) is -0.979. The Hall–Kier alpha value is -1.88. The van der Waals surface area contributed by atoms with Gasteiger partial charge >= 0.3 is 5.97 Å². The molecule has 1 N–H and O–H groups in total. The summed E-state index contributed by atoms with van der Waals surface area (Å²) in [6.07, 6.45) is 0.429. The number of hydrogen-bond donors (Lipinski definition) is 1. The quantitative estimate of drug-likeness (QED) is 0.895. The number of morpholine rings is 1. The van der Waals surface area contributed by atoms with Gasteiger partial charge in [-0.15, -0.1) is 0 Å². The molecule has 1 aromatic rings. The molecule has 5 nitrogen and oxygen atoms in total. The van der Waals surface area contributed by atoms with Crippen molar-refractivity contribution in [2.45, 2.75) is 25.8 Å². The average Bonchev–Trinajstić information content (AvgIpc) is 2.38. The number of ether oxygens (including phenoxy) is 1. The number of carboxylic acids is 1. The number of aryl methyl sites for hydroxylation is 1. The summed E-state index contributed by atoms with van der Waals surface area (Å²) < 4.78 is 5.22. The number of hydrogen-bond acceptors (Lipinski definition) is 3. The highest BCUT2D eigenvalue weighted by Gasteiger charge is 2.30. The van der Waals surface area contributed by atoms with Gasteiger partial charge in [0.2, 0.25) is 0 Å². The molecule has 1 aromatic carbocycles. The molecule has 19 heavy (non-hydrogen) atoms. The molecule has 0 aromatic heterocycles. The lowest BCUT2D eigenvalue weighted by Crippen LogP contribution is -2.49. The largest absolute Gasteiger partial charge is 0.481 e. The number of benzene rings is 1. The molecule has 2 rings (SSSR count). The smallest absolute Gasteiger partial charge is 0.303 e. The Balaban J connectivity index is 2.18. The molecular weight excluding hydrogens is 246 g/mol. The van der Waals surface area contributed by atoms with Crippen LogP contribution in [0.25, 0.3) is 0 Å². The zero-order valence-electron chi connectivity index (χ0n) is 10.8. The molecule has 0 spiro atoms. The molecule has 5 heteroatoms. The standard InChI is InChI=1S/C14H17NO4/c1-10-2-4-11(5-3-10)15-12(6-7-14(17)18)8-19-9-13(15)16/h2-5,12H,6-9H2,1H3,(H,17,18). The molecule has 0 bridgehead atoms. The minimum absolute atomic E-state index is 0.0314. The van der Waals surface area contributed by atoms with E-state index in [1.165, 1.54) is 0 Å². The average molecular weight is 263 g/mol. The van der Waals surface area contributed by atoms with E-state index in [9.17, 15) is 9.59 Å². The number of carbonyl (C=O) groups is 2. The van der Waals surface area contributed by atoms with Gasteiger partial charge in [0.25, 0.3) is 5.91 Å². The van der Waals surface area contributed by atoms with Gasteiger partial charge in [0.1, 0.15) is 6.61 Å². The van der Waals surface area contributed by atoms with E-state index >= 15 is 0 Å². The van der Waals surface area contributed by atoms with Crippen LogP contribution in [-0.4, -0.2) is 36.2 Å². The first-order valence-electron chi connectivity index (χ1n) is 6.26. The molecular formula is C14H17NO4. The lowest BCUT2D eigenvalue weighted by molar-refractivity contribution is -0.138. The second-order valence-corrected chi connectivity index (χ2v) is 4.70. The maximum Gasteiger partial charge on any atom is 0.303 e. The van der Waals surface area contributed by atoms with Crippen LogP contribution in [0, 0.1) is 6.92 Å². The van der Waals surface area contributed by atoms with Gasteiger partial charge in [-0.05, 0) is 25.5 Å². The minimum atomic E-state index is -0.859. The van der Waals surface area contributed by atoms with Crippen LogP contribution in [-0.2, 0) is 14.3 Å². The van der Waals surface area contributed by atoms with Crippen molar-refractivity contribution in [3.8, 4) is 0 Å². The summed E-state index contributed by atoms with van der Waals surface area (Å²) in [6.45, 7) is 2.41. The van der Waals surface area contributed by atoms with Crippen LogP contribution in [0.15, 0.2) is 24.3 Å². The van der Waals surface area contributed by atoms with Gasteiger partial charge in [-0.2, -0.15) is 0 Å². The Morgan fingerprint density at radius 3 is 2.74 bits per heavy atom. The molecule has 1 saturated heterocycles. The van der Waals surface area contributed by atoms with Crippen molar-refractivity contribution in [1.29, 1.82) is 0 Å². The van der Waals surface area contributed by atoms with Gasteiger partial charge in [0.05, 0.1) is 12.6 Å². The molecule has 0 aliphatic carbocycles. The molecule has 1 atom stereocenters. The second kappa shape index (κ2) is 5.84. The lowest BCUT2D eigenvalue weighted by atomic mass is 10.1. The number of carbonyl (C=O) groups excluding carboxylic acids is 1.